The van der Waals surface area contributed by atoms with Gasteiger partial charge in [0.1, 0.15) is 11.6 Å². The van der Waals surface area contributed by atoms with Crippen molar-refractivity contribution in [3.8, 4) is 11.4 Å². The molecule has 1 aromatic heterocycles. The minimum absolute atomic E-state index is 0.0859. The van der Waals surface area contributed by atoms with Crippen LogP contribution in [0, 0.1) is 12.7 Å². The molecule has 0 unspecified atom stereocenters. The van der Waals surface area contributed by atoms with Crippen molar-refractivity contribution >= 4 is 11.6 Å². The summed E-state index contributed by atoms with van der Waals surface area (Å²) in [7, 11) is 0. The van der Waals surface area contributed by atoms with E-state index in [1.54, 1.807) is 6.92 Å². The molecule has 30 heavy (non-hydrogen) atoms. The third-order valence-corrected chi connectivity index (χ3v) is 4.34. The third kappa shape index (κ3) is 4.61. The van der Waals surface area contributed by atoms with Crippen LogP contribution in [0.2, 0.25) is 0 Å². The number of aromatic nitrogens is 2. The van der Waals surface area contributed by atoms with Crippen molar-refractivity contribution in [1.82, 2.24) is 9.78 Å². The molecule has 5 nitrogen and oxygen atoms in total. The first kappa shape index (κ1) is 21.4. The highest BCUT2D eigenvalue weighted by Crippen LogP contribution is 2.35. The van der Waals surface area contributed by atoms with Gasteiger partial charge in [-0.05, 0) is 55.8 Å². The highest BCUT2D eigenvalue weighted by molar-refractivity contribution is 6.05. The molecule has 0 saturated heterocycles. The molecule has 0 radical (unpaired) electrons. The van der Waals surface area contributed by atoms with E-state index in [9.17, 15) is 22.4 Å². The van der Waals surface area contributed by atoms with Crippen molar-refractivity contribution in [1.29, 1.82) is 0 Å². The SMILES string of the molecule is CCCOc1ccc(C(F)(F)F)cc1NC(=O)c1cnn(-c2ccc(F)cc2)c1C. The molecular formula is C21H19F4N3O2. The lowest BCUT2D eigenvalue weighted by Crippen LogP contribution is -2.15. The Bertz CT molecular complexity index is 1040. The topological polar surface area (TPSA) is 56.1 Å². The Labute approximate surface area is 170 Å². The summed E-state index contributed by atoms with van der Waals surface area (Å²) in [6.45, 7) is 3.78. The quantitative estimate of drug-likeness (QED) is 0.544. The molecule has 1 amide bonds. The lowest BCUT2D eigenvalue weighted by atomic mass is 10.1. The summed E-state index contributed by atoms with van der Waals surface area (Å²) < 4.78 is 59.3. The second-order valence-electron chi connectivity index (χ2n) is 6.54. The summed E-state index contributed by atoms with van der Waals surface area (Å²) in [6, 6.07) is 8.44. The van der Waals surface area contributed by atoms with E-state index in [2.05, 4.69) is 10.4 Å². The molecular weight excluding hydrogens is 402 g/mol. The Morgan fingerprint density at radius 1 is 1.17 bits per heavy atom. The molecule has 0 aliphatic carbocycles. The number of ether oxygens (including phenoxy) is 1. The molecule has 0 saturated carbocycles. The molecule has 0 aliphatic rings. The van der Waals surface area contributed by atoms with Crippen LogP contribution in [0.15, 0.2) is 48.7 Å². The van der Waals surface area contributed by atoms with Crippen LogP contribution in [-0.4, -0.2) is 22.3 Å². The fraction of sp³-hybridized carbons (Fsp3) is 0.238. The first-order chi connectivity index (χ1) is 14.2. The first-order valence-corrected chi connectivity index (χ1v) is 9.16. The number of rotatable bonds is 6. The Hall–Kier alpha value is -3.36. The molecule has 3 aromatic rings. The molecule has 0 aliphatic heterocycles. The van der Waals surface area contributed by atoms with Gasteiger partial charge in [0.15, 0.2) is 0 Å². The van der Waals surface area contributed by atoms with Crippen molar-refractivity contribution in [2.45, 2.75) is 26.4 Å². The van der Waals surface area contributed by atoms with Gasteiger partial charge < -0.3 is 10.1 Å². The van der Waals surface area contributed by atoms with Gasteiger partial charge in [-0.1, -0.05) is 6.92 Å². The summed E-state index contributed by atoms with van der Waals surface area (Å²) in [5.41, 5.74) is 0.164. The zero-order valence-electron chi connectivity index (χ0n) is 16.3. The highest BCUT2D eigenvalue weighted by Gasteiger charge is 2.31. The van der Waals surface area contributed by atoms with Gasteiger partial charge in [0.25, 0.3) is 5.91 Å². The number of hydrogen-bond donors (Lipinski definition) is 1. The summed E-state index contributed by atoms with van der Waals surface area (Å²) in [6.07, 6.45) is -2.61. The Morgan fingerprint density at radius 2 is 1.87 bits per heavy atom. The Morgan fingerprint density at radius 3 is 2.50 bits per heavy atom. The van der Waals surface area contributed by atoms with Gasteiger partial charge in [0.2, 0.25) is 0 Å². The van der Waals surface area contributed by atoms with Crippen molar-refractivity contribution in [2.75, 3.05) is 11.9 Å². The maximum atomic E-state index is 13.1. The van der Waals surface area contributed by atoms with Gasteiger partial charge in [-0.25, -0.2) is 9.07 Å². The van der Waals surface area contributed by atoms with Crippen LogP contribution in [0.5, 0.6) is 5.75 Å². The van der Waals surface area contributed by atoms with E-state index < -0.39 is 23.5 Å². The van der Waals surface area contributed by atoms with Gasteiger partial charge in [-0.2, -0.15) is 18.3 Å². The van der Waals surface area contributed by atoms with E-state index in [0.29, 0.717) is 17.8 Å². The first-order valence-electron chi connectivity index (χ1n) is 9.16. The average Bonchev–Trinajstić information content (AvgIpc) is 3.08. The maximum Gasteiger partial charge on any atom is 0.416 e. The monoisotopic (exact) mass is 421 g/mol. The molecule has 0 fully saturated rings. The van der Waals surface area contributed by atoms with Gasteiger partial charge in [-0.15, -0.1) is 0 Å². The number of nitrogens with zero attached hydrogens (tertiary/aromatic N) is 2. The van der Waals surface area contributed by atoms with Gasteiger partial charge in [-0.3, -0.25) is 4.79 Å². The van der Waals surface area contributed by atoms with Crippen molar-refractivity contribution < 1.29 is 27.1 Å². The second kappa shape index (κ2) is 8.56. The van der Waals surface area contributed by atoms with Gasteiger partial charge in [0, 0.05) is 0 Å². The van der Waals surface area contributed by atoms with Gasteiger partial charge in [0.05, 0.1) is 41.0 Å². The minimum atomic E-state index is -4.56. The number of halogens is 4. The molecule has 1 N–H and O–H groups in total. The molecule has 0 spiro atoms. The van der Waals surface area contributed by atoms with Crippen LogP contribution < -0.4 is 10.1 Å². The van der Waals surface area contributed by atoms with Crippen LogP contribution in [0.25, 0.3) is 5.69 Å². The van der Waals surface area contributed by atoms with Crippen molar-refractivity contribution in [2.24, 2.45) is 0 Å². The lowest BCUT2D eigenvalue weighted by Gasteiger charge is -2.15. The van der Waals surface area contributed by atoms with Crippen molar-refractivity contribution in [3.05, 3.63) is 71.3 Å². The van der Waals surface area contributed by atoms with Crippen LogP contribution in [0.1, 0.15) is 35.0 Å². The fourth-order valence-corrected chi connectivity index (χ4v) is 2.81. The summed E-state index contributed by atoms with van der Waals surface area (Å²) in [5.74, 6) is -0.908. The van der Waals surface area contributed by atoms with Crippen LogP contribution >= 0.6 is 0 Å². The molecule has 158 valence electrons. The average molecular weight is 421 g/mol. The molecule has 1 heterocycles. The Balaban J connectivity index is 1.91. The maximum absolute atomic E-state index is 13.1. The number of carbonyl (C=O) groups is 1. The summed E-state index contributed by atoms with van der Waals surface area (Å²) in [4.78, 5) is 12.8. The number of benzene rings is 2. The van der Waals surface area contributed by atoms with Crippen molar-refractivity contribution in [3.63, 3.8) is 0 Å². The van der Waals surface area contributed by atoms with Crippen LogP contribution in [-0.2, 0) is 6.18 Å². The van der Waals surface area contributed by atoms with Crippen LogP contribution in [0.3, 0.4) is 0 Å². The molecule has 9 heteroatoms. The highest BCUT2D eigenvalue weighted by atomic mass is 19.4. The molecule has 2 aromatic carbocycles. The van der Waals surface area contributed by atoms with Crippen LogP contribution in [0.4, 0.5) is 23.2 Å². The lowest BCUT2D eigenvalue weighted by molar-refractivity contribution is -0.137. The van der Waals surface area contributed by atoms with E-state index in [0.717, 1.165) is 12.1 Å². The predicted octanol–water partition coefficient (Wildman–Crippen LogP) is 5.38. The normalized spacial score (nSPS) is 11.4. The number of nitrogens with one attached hydrogen (secondary N) is 1. The number of amides is 1. The number of anilines is 1. The third-order valence-electron chi connectivity index (χ3n) is 4.34. The zero-order valence-corrected chi connectivity index (χ0v) is 16.3. The summed E-state index contributed by atoms with van der Waals surface area (Å²) in [5, 5.41) is 6.62. The fourth-order valence-electron chi connectivity index (χ4n) is 2.81. The smallest absolute Gasteiger partial charge is 0.416 e. The Kier molecular flexibility index (Phi) is 6.09. The predicted molar refractivity (Wildman–Crippen MR) is 103 cm³/mol. The van der Waals surface area contributed by atoms with Gasteiger partial charge >= 0.3 is 6.18 Å². The summed E-state index contributed by atoms with van der Waals surface area (Å²) >= 11 is 0. The molecule has 0 bridgehead atoms. The minimum Gasteiger partial charge on any atom is -0.491 e. The van der Waals surface area contributed by atoms with E-state index in [-0.39, 0.29) is 23.6 Å². The molecule has 3 rings (SSSR count). The number of alkyl halides is 3. The van der Waals surface area contributed by atoms with E-state index >= 15 is 0 Å². The number of carbonyl (C=O) groups excluding carboxylic acids is 1. The standard InChI is InChI=1S/C21H19F4N3O2/c1-3-10-30-19-9-4-14(21(23,24)25)11-18(19)27-20(29)17-12-26-28(13(17)2)16-7-5-15(22)6-8-16/h4-9,11-12H,3,10H2,1-2H3,(H,27,29). The van der Waals surface area contributed by atoms with E-state index in [1.165, 1.54) is 41.2 Å². The van der Waals surface area contributed by atoms with E-state index in [4.69, 9.17) is 4.74 Å². The largest absolute Gasteiger partial charge is 0.491 e. The second-order valence-corrected chi connectivity index (χ2v) is 6.54. The molecule has 0 atom stereocenters. The van der Waals surface area contributed by atoms with E-state index in [1.807, 2.05) is 6.92 Å². The number of hydrogen-bond acceptors (Lipinski definition) is 3. The zero-order chi connectivity index (χ0) is 21.9.